The molecular weight excluding hydrogens is 345 g/mol. The summed E-state index contributed by atoms with van der Waals surface area (Å²) >= 11 is 0. The Morgan fingerprint density at radius 3 is 1.67 bits per heavy atom. The van der Waals surface area contributed by atoms with Gasteiger partial charge >= 0.3 is 0 Å². The summed E-state index contributed by atoms with van der Waals surface area (Å²) in [6, 6.07) is 1.22. The fourth-order valence-electron chi connectivity index (χ4n) is 1.82. The predicted octanol–water partition coefficient (Wildman–Crippen LogP) is 4.44. The normalized spacial score (nSPS) is 10.8. The molecule has 0 aromatic heterocycles. The van der Waals surface area contributed by atoms with Crippen LogP contribution in [0.2, 0.25) is 0 Å². The topological polar surface area (TPSA) is 26.3 Å². The van der Waals surface area contributed by atoms with Crippen LogP contribution >= 0.6 is 0 Å². The molecule has 2 rings (SSSR count). The van der Waals surface area contributed by atoms with Gasteiger partial charge in [0.15, 0.2) is 46.4 Å². The molecule has 0 atom stereocenters. The number of hydrogen-bond acceptors (Lipinski definition) is 2. The van der Waals surface area contributed by atoms with Crippen molar-refractivity contribution in [3.63, 3.8) is 0 Å². The van der Waals surface area contributed by atoms with E-state index in [1.807, 2.05) is 0 Å². The summed E-state index contributed by atoms with van der Waals surface area (Å²) < 4.78 is 97.7. The van der Waals surface area contributed by atoms with Crippen LogP contribution in [0.25, 0.3) is 0 Å². The molecule has 0 bridgehead atoms. The van der Waals surface area contributed by atoms with Gasteiger partial charge in [0.1, 0.15) is 6.61 Å². The number of carbonyl (C=O) groups is 1. The van der Waals surface area contributed by atoms with Crippen LogP contribution in [0.4, 0.5) is 30.7 Å². The van der Waals surface area contributed by atoms with Crippen LogP contribution in [0.3, 0.4) is 0 Å². The number of ketones is 1. The second kappa shape index (κ2) is 6.50. The van der Waals surface area contributed by atoms with Crippen LogP contribution < -0.4 is 4.74 Å². The Bertz CT molecular complexity index is 781. The number of hydrogen-bond donors (Lipinski definition) is 0. The molecule has 0 fully saturated rings. The summed E-state index contributed by atoms with van der Waals surface area (Å²) in [6.07, 6.45) is 0. The number of Topliss-reactive ketones (excluding diaryl/α,β-unsaturated/α-hetero) is 1. The molecule has 0 unspecified atom stereocenters. The van der Waals surface area contributed by atoms with Crippen molar-refractivity contribution in [2.24, 2.45) is 0 Å². The van der Waals surface area contributed by atoms with E-state index in [2.05, 4.69) is 4.74 Å². The van der Waals surface area contributed by atoms with Crippen molar-refractivity contribution in [3.8, 4) is 5.75 Å². The smallest absolute Gasteiger partial charge is 0.200 e. The van der Waals surface area contributed by atoms with Gasteiger partial charge in [0.05, 0.1) is 5.56 Å². The van der Waals surface area contributed by atoms with Crippen LogP contribution in [0.15, 0.2) is 12.1 Å². The Balaban J connectivity index is 2.38. The highest BCUT2D eigenvalue weighted by molar-refractivity contribution is 5.94. The van der Waals surface area contributed by atoms with Gasteiger partial charge in [-0.15, -0.1) is 0 Å². The van der Waals surface area contributed by atoms with Gasteiger partial charge in [-0.05, 0) is 19.1 Å². The molecule has 0 heterocycles. The summed E-state index contributed by atoms with van der Waals surface area (Å²) in [7, 11) is 0. The Morgan fingerprint density at radius 2 is 1.25 bits per heavy atom. The van der Waals surface area contributed by atoms with E-state index in [9.17, 15) is 35.5 Å². The number of benzene rings is 2. The average Bonchev–Trinajstić information content (AvgIpc) is 2.52. The lowest BCUT2D eigenvalue weighted by Crippen LogP contribution is -2.11. The van der Waals surface area contributed by atoms with E-state index < -0.39 is 64.4 Å². The highest BCUT2D eigenvalue weighted by Gasteiger charge is 2.26. The maximum atomic E-state index is 13.7. The van der Waals surface area contributed by atoms with Crippen LogP contribution in [0, 0.1) is 40.7 Å². The van der Waals surface area contributed by atoms with Crippen LogP contribution in [0.1, 0.15) is 22.8 Å². The molecule has 0 aliphatic heterocycles. The first-order valence-electron chi connectivity index (χ1n) is 6.28. The van der Waals surface area contributed by atoms with Crippen molar-refractivity contribution in [3.05, 3.63) is 64.0 Å². The van der Waals surface area contributed by atoms with Gasteiger partial charge in [0, 0.05) is 5.56 Å². The molecule has 0 N–H and O–H groups in total. The first kappa shape index (κ1) is 17.8. The van der Waals surface area contributed by atoms with Crippen LogP contribution in [-0.2, 0) is 6.61 Å². The van der Waals surface area contributed by atoms with E-state index in [1.165, 1.54) is 0 Å². The summed E-state index contributed by atoms with van der Waals surface area (Å²) in [6.45, 7) is -0.275. The van der Waals surface area contributed by atoms with Gasteiger partial charge < -0.3 is 4.74 Å². The van der Waals surface area contributed by atoms with Crippen molar-refractivity contribution in [1.29, 1.82) is 0 Å². The maximum Gasteiger partial charge on any atom is 0.200 e. The van der Waals surface area contributed by atoms with Crippen molar-refractivity contribution in [1.82, 2.24) is 0 Å². The quantitative estimate of drug-likeness (QED) is 0.352. The van der Waals surface area contributed by atoms with Gasteiger partial charge in [-0.25, -0.2) is 30.7 Å². The summed E-state index contributed by atoms with van der Waals surface area (Å²) in [4.78, 5) is 11.0. The zero-order valence-electron chi connectivity index (χ0n) is 11.8. The third-order valence-corrected chi connectivity index (χ3v) is 3.07. The van der Waals surface area contributed by atoms with Gasteiger partial charge in [-0.3, -0.25) is 4.79 Å². The van der Waals surface area contributed by atoms with E-state index in [4.69, 9.17) is 0 Å². The highest BCUT2D eigenvalue weighted by Crippen LogP contribution is 2.27. The maximum absolute atomic E-state index is 13.7. The lowest BCUT2D eigenvalue weighted by molar-refractivity contribution is 0.101. The molecule has 0 amide bonds. The largest absolute Gasteiger partial charge is 0.483 e. The van der Waals surface area contributed by atoms with Crippen LogP contribution in [-0.4, -0.2) is 5.78 Å². The third kappa shape index (κ3) is 3.06. The number of carbonyl (C=O) groups excluding carboxylic acids is 1. The average molecular weight is 352 g/mol. The molecule has 2 aromatic carbocycles. The lowest BCUT2D eigenvalue weighted by atomic mass is 10.1. The van der Waals surface area contributed by atoms with Crippen LogP contribution in [0.5, 0.6) is 5.75 Å². The second-order valence-corrected chi connectivity index (χ2v) is 4.66. The zero-order valence-corrected chi connectivity index (χ0v) is 11.8. The molecule has 0 aliphatic rings. The molecule has 0 aliphatic carbocycles. The first-order chi connectivity index (χ1) is 11.1. The van der Waals surface area contributed by atoms with E-state index in [1.54, 1.807) is 0 Å². The molecule has 9 heteroatoms. The molecule has 128 valence electrons. The second-order valence-electron chi connectivity index (χ2n) is 4.66. The minimum atomic E-state index is -2.36. The predicted molar refractivity (Wildman–Crippen MR) is 66.9 cm³/mol. The standard InChI is InChI=1S/C15H7F7O2/c1-5(23)6-2-8(16)15(9(17)3-6)24-4-7-10(18)12(20)14(22)13(21)11(7)19/h2-3H,4H2,1H3. The van der Waals surface area contributed by atoms with E-state index in [0.29, 0.717) is 12.1 Å². The minimum absolute atomic E-state index is 0.325. The SMILES string of the molecule is CC(=O)c1cc(F)c(OCc2c(F)c(F)c(F)c(F)c2F)c(F)c1. The Hall–Kier alpha value is -2.58. The molecule has 2 nitrogen and oxygen atoms in total. The van der Waals surface area contributed by atoms with Crippen molar-refractivity contribution >= 4 is 5.78 Å². The summed E-state index contributed by atoms with van der Waals surface area (Å²) in [5.41, 5.74) is -1.71. The van der Waals surface area contributed by atoms with E-state index in [-0.39, 0.29) is 5.56 Å². The van der Waals surface area contributed by atoms with E-state index in [0.717, 1.165) is 6.92 Å². The molecular formula is C15H7F7O2. The molecule has 0 saturated carbocycles. The first-order valence-corrected chi connectivity index (χ1v) is 6.28. The van der Waals surface area contributed by atoms with Crippen molar-refractivity contribution in [2.75, 3.05) is 0 Å². The molecule has 2 aromatic rings. The Kier molecular flexibility index (Phi) is 4.81. The Morgan fingerprint density at radius 1 is 0.833 bits per heavy atom. The number of ether oxygens (including phenoxy) is 1. The third-order valence-electron chi connectivity index (χ3n) is 3.07. The lowest BCUT2D eigenvalue weighted by Gasteiger charge is -2.12. The summed E-state index contributed by atoms with van der Waals surface area (Å²) in [5, 5.41) is 0. The van der Waals surface area contributed by atoms with Gasteiger partial charge in [-0.1, -0.05) is 0 Å². The van der Waals surface area contributed by atoms with E-state index >= 15 is 0 Å². The molecule has 0 spiro atoms. The van der Waals surface area contributed by atoms with Crippen molar-refractivity contribution in [2.45, 2.75) is 13.5 Å². The monoisotopic (exact) mass is 352 g/mol. The van der Waals surface area contributed by atoms with Gasteiger partial charge in [-0.2, -0.15) is 0 Å². The highest BCUT2D eigenvalue weighted by atomic mass is 19.2. The number of halogens is 7. The molecule has 0 radical (unpaired) electrons. The van der Waals surface area contributed by atoms with Crippen molar-refractivity contribution < 1.29 is 40.3 Å². The van der Waals surface area contributed by atoms with Gasteiger partial charge in [0.2, 0.25) is 5.82 Å². The fraction of sp³-hybridized carbons (Fsp3) is 0.133. The fourth-order valence-corrected chi connectivity index (χ4v) is 1.82. The Labute approximate surface area is 130 Å². The summed E-state index contributed by atoms with van der Waals surface area (Å²) in [5.74, 6) is -15.6. The number of rotatable bonds is 4. The minimum Gasteiger partial charge on any atom is -0.483 e. The zero-order chi connectivity index (χ0) is 18.2. The molecule has 24 heavy (non-hydrogen) atoms. The van der Waals surface area contributed by atoms with Gasteiger partial charge in [0.25, 0.3) is 0 Å². The molecule has 0 saturated heterocycles.